The normalized spacial score (nSPS) is 18.0. The molecule has 0 saturated heterocycles. The van der Waals surface area contributed by atoms with Crippen molar-refractivity contribution in [3.63, 3.8) is 0 Å². The number of anilines is 3. The van der Waals surface area contributed by atoms with Crippen molar-refractivity contribution >= 4 is 70.1 Å². The van der Waals surface area contributed by atoms with E-state index in [1.807, 2.05) is 0 Å². The van der Waals surface area contributed by atoms with Gasteiger partial charge < -0.3 is 60.7 Å². The molecule has 258 valence electrons. The van der Waals surface area contributed by atoms with Crippen LogP contribution in [0.15, 0.2) is 92.8 Å². The molecule has 2 amide bonds. The van der Waals surface area contributed by atoms with Crippen molar-refractivity contribution in [1.82, 2.24) is 0 Å². The van der Waals surface area contributed by atoms with E-state index in [0.29, 0.717) is 34.1 Å². The summed E-state index contributed by atoms with van der Waals surface area (Å²) in [6, 6.07) is 18.5. The molecule has 0 heterocycles. The Bertz CT molecular complexity index is 1710. The van der Waals surface area contributed by atoms with E-state index in [4.69, 9.17) is 55.3 Å². The predicted octanol–water partition coefficient (Wildman–Crippen LogP) is 0.852. The number of aliphatic imine (C=N–C) groups is 4. The van der Waals surface area contributed by atoms with E-state index >= 15 is 0 Å². The summed E-state index contributed by atoms with van der Waals surface area (Å²) < 4.78 is 11.7. The van der Waals surface area contributed by atoms with Crippen molar-refractivity contribution in [2.75, 3.05) is 16.0 Å². The van der Waals surface area contributed by atoms with E-state index < -0.39 is 36.5 Å². The number of ether oxygens (including phenoxy) is 2. The van der Waals surface area contributed by atoms with Crippen molar-refractivity contribution in [3.05, 3.63) is 72.8 Å². The molecule has 0 bridgehead atoms. The first-order valence-corrected chi connectivity index (χ1v) is 14.7. The van der Waals surface area contributed by atoms with Crippen molar-refractivity contribution in [1.29, 1.82) is 0 Å². The third-order valence-electron chi connectivity index (χ3n) is 6.89. The maximum atomic E-state index is 13.1. The van der Waals surface area contributed by atoms with Crippen LogP contribution in [0.3, 0.4) is 0 Å². The Hall–Kier alpha value is -6.92. The number of rotatable bonds is 10. The van der Waals surface area contributed by atoms with Gasteiger partial charge in [0.25, 0.3) is 0 Å². The van der Waals surface area contributed by atoms with E-state index in [1.54, 1.807) is 72.8 Å². The van der Waals surface area contributed by atoms with Crippen LogP contribution >= 0.6 is 0 Å². The maximum Gasteiger partial charge on any atom is 0.411 e. The van der Waals surface area contributed by atoms with Crippen LogP contribution in [0.5, 0.6) is 0 Å². The third-order valence-corrected chi connectivity index (χ3v) is 6.89. The summed E-state index contributed by atoms with van der Waals surface area (Å²) in [4.78, 5) is 42.4. The number of carbonyl (C=O) groups excluding carboxylic acids is 2. The Morgan fingerprint density at radius 2 is 0.918 bits per heavy atom. The smallest absolute Gasteiger partial charge is 0.411 e. The Labute approximate surface area is 280 Å². The number of guanidine groups is 4. The zero-order valence-corrected chi connectivity index (χ0v) is 26.2. The minimum absolute atomic E-state index is 0.0267. The number of nitrogens with zero attached hydrogens (tertiary/aromatic N) is 4. The maximum absolute atomic E-state index is 13.1. The van der Waals surface area contributed by atoms with Gasteiger partial charge in [0.15, 0.2) is 23.8 Å². The first kappa shape index (κ1) is 34.9. The molecule has 1 aliphatic carbocycles. The van der Waals surface area contributed by atoms with Gasteiger partial charge in [0.1, 0.15) is 12.2 Å². The lowest BCUT2D eigenvalue weighted by Gasteiger charge is -2.39. The summed E-state index contributed by atoms with van der Waals surface area (Å²) >= 11 is 0. The summed E-state index contributed by atoms with van der Waals surface area (Å²) in [5.74, 6) is -0.510. The second-order valence-corrected chi connectivity index (χ2v) is 10.7. The van der Waals surface area contributed by atoms with Crippen LogP contribution in [-0.2, 0) is 9.47 Å². The van der Waals surface area contributed by atoms with Gasteiger partial charge in [-0.25, -0.2) is 29.6 Å². The lowest BCUT2D eigenvalue weighted by Crippen LogP contribution is -2.52. The highest BCUT2D eigenvalue weighted by Gasteiger charge is 2.42. The van der Waals surface area contributed by atoms with Gasteiger partial charge in [-0.2, -0.15) is 0 Å². The fraction of sp³-hybridized carbons (Fsp3) is 0.200. The fourth-order valence-corrected chi connectivity index (χ4v) is 4.95. The standard InChI is InChI=1S/C30H39N15O4/c31-25(32)40-16-3-1-15(2-4-16)39-21-13-22(45-28(37)38)24(49-30(47)44-20-11-7-18(8-12-20)42-27(35)36)14-23(21)48-29(46)43-19-9-5-17(6-10-19)41-26(33)34/h1-12,21-24,39H,13-14H2,(H,43,46)(H,44,47)(H4,31,32,40)(H4,33,34,41)(H4,35,36,42)(H4,37,38,45)/t21-,22+,23-,24+/m0/s1. The summed E-state index contributed by atoms with van der Waals surface area (Å²) in [7, 11) is 0. The minimum Gasteiger partial charge on any atom is -0.444 e. The number of nitrogens with two attached hydrogens (primary N) is 8. The van der Waals surface area contributed by atoms with Crippen LogP contribution in [0, 0.1) is 0 Å². The Morgan fingerprint density at radius 1 is 0.531 bits per heavy atom. The van der Waals surface area contributed by atoms with E-state index in [0.717, 1.165) is 0 Å². The van der Waals surface area contributed by atoms with Crippen LogP contribution in [0.2, 0.25) is 0 Å². The monoisotopic (exact) mass is 673 g/mol. The molecule has 3 aromatic carbocycles. The average Bonchev–Trinajstić information content (AvgIpc) is 3.01. The topological polar surface area (TPSA) is 346 Å². The van der Waals surface area contributed by atoms with Crippen molar-refractivity contribution in [3.8, 4) is 0 Å². The first-order valence-electron chi connectivity index (χ1n) is 14.7. The van der Waals surface area contributed by atoms with Crippen molar-refractivity contribution in [2.45, 2.75) is 37.1 Å². The zero-order valence-electron chi connectivity index (χ0n) is 26.2. The average molecular weight is 674 g/mol. The molecule has 1 aliphatic rings. The van der Waals surface area contributed by atoms with Crippen molar-refractivity contribution in [2.24, 2.45) is 65.8 Å². The predicted molar refractivity (Wildman–Crippen MR) is 190 cm³/mol. The largest absolute Gasteiger partial charge is 0.444 e. The Kier molecular flexibility index (Phi) is 11.5. The lowest BCUT2D eigenvalue weighted by molar-refractivity contribution is 0.00356. The van der Waals surface area contributed by atoms with Crippen molar-refractivity contribution < 1.29 is 19.1 Å². The zero-order chi connectivity index (χ0) is 35.5. The number of amides is 2. The molecule has 1 fully saturated rings. The van der Waals surface area contributed by atoms with Gasteiger partial charge >= 0.3 is 12.2 Å². The molecule has 19 nitrogen and oxygen atoms in total. The molecule has 19 heteroatoms. The highest BCUT2D eigenvalue weighted by atomic mass is 16.6. The fourth-order valence-electron chi connectivity index (χ4n) is 4.95. The summed E-state index contributed by atoms with van der Waals surface area (Å²) in [5.41, 5.74) is 47.2. The molecule has 0 unspecified atom stereocenters. The second kappa shape index (κ2) is 16.1. The van der Waals surface area contributed by atoms with E-state index in [2.05, 4.69) is 35.9 Å². The quantitative estimate of drug-likeness (QED) is 0.105. The molecule has 0 spiro atoms. The first-order chi connectivity index (χ1) is 23.3. The van der Waals surface area contributed by atoms with E-state index in [1.165, 1.54) is 0 Å². The molecule has 0 radical (unpaired) electrons. The van der Waals surface area contributed by atoms with Crippen LogP contribution < -0.4 is 61.8 Å². The highest BCUT2D eigenvalue weighted by molar-refractivity contribution is 5.86. The van der Waals surface area contributed by atoms with Gasteiger partial charge in [-0.3, -0.25) is 10.6 Å². The van der Waals surface area contributed by atoms with Gasteiger partial charge in [0, 0.05) is 23.5 Å². The highest BCUT2D eigenvalue weighted by Crippen LogP contribution is 2.31. The summed E-state index contributed by atoms with van der Waals surface area (Å²) in [6.45, 7) is 0. The summed E-state index contributed by atoms with van der Waals surface area (Å²) in [5, 5.41) is 8.68. The number of nitrogens with one attached hydrogen (secondary N) is 3. The van der Waals surface area contributed by atoms with Gasteiger partial charge in [-0.15, -0.1) is 0 Å². The molecule has 4 atom stereocenters. The van der Waals surface area contributed by atoms with Gasteiger partial charge in [0.2, 0.25) is 0 Å². The van der Waals surface area contributed by atoms with Gasteiger partial charge in [-0.05, 0) is 79.2 Å². The molecular formula is C30H39N15O4. The van der Waals surface area contributed by atoms with Crippen LogP contribution in [-0.4, -0.2) is 60.3 Å². The van der Waals surface area contributed by atoms with E-state index in [9.17, 15) is 9.59 Å². The number of carbonyl (C=O) groups is 2. The van der Waals surface area contributed by atoms with Gasteiger partial charge in [0.05, 0.1) is 29.1 Å². The molecule has 1 saturated carbocycles. The Balaban J connectivity index is 1.54. The molecule has 0 aliphatic heterocycles. The summed E-state index contributed by atoms with van der Waals surface area (Å²) in [6.07, 6.45) is -3.06. The second-order valence-electron chi connectivity index (χ2n) is 10.7. The minimum atomic E-state index is -0.901. The molecule has 4 rings (SSSR count). The Morgan fingerprint density at radius 3 is 1.31 bits per heavy atom. The molecule has 0 aromatic heterocycles. The molecule has 49 heavy (non-hydrogen) atoms. The van der Waals surface area contributed by atoms with Crippen LogP contribution in [0.1, 0.15) is 12.8 Å². The molecule has 19 N–H and O–H groups in total. The molecule has 3 aromatic rings. The number of hydrogen-bond acceptors (Lipinski definition) is 9. The lowest BCUT2D eigenvalue weighted by atomic mass is 9.86. The number of hydrogen-bond donors (Lipinski definition) is 11. The van der Waals surface area contributed by atoms with Crippen LogP contribution in [0.25, 0.3) is 0 Å². The van der Waals surface area contributed by atoms with E-state index in [-0.39, 0.29) is 36.7 Å². The SMILES string of the molecule is NC(N)=Nc1ccc(NC(=O)O[C@H]2C[C@@H](OC(=O)Nc3ccc(N=C(N)N)cc3)[C@H](N=C(N)N)C[C@@H]2Nc2ccc(N=C(N)N)cc2)cc1. The number of benzene rings is 3. The third kappa shape index (κ3) is 11.1. The molecular weight excluding hydrogens is 634 g/mol. The van der Waals surface area contributed by atoms with Gasteiger partial charge in [-0.1, -0.05) is 0 Å². The van der Waals surface area contributed by atoms with Crippen LogP contribution in [0.4, 0.5) is 43.7 Å².